The fourth-order valence-corrected chi connectivity index (χ4v) is 3.38. The third kappa shape index (κ3) is 5.46. The van der Waals surface area contributed by atoms with E-state index in [2.05, 4.69) is 54.6 Å². The van der Waals surface area contributed by atoms with Gasteiger partial charge in [-0.05, 0) is 54.1 Å². The van der Waals surface area contributed by atoms with E-state index in [0.29, 0.717) is 13.0 Å². The van der Waals surface area contributed by atoms with Gasteiger partial charge in [0.1, 0.15) is 5.75 Å². The Morgan fingerprint density at radius 2 is 1.52 bits per heavy atom. The molecule has 0 amide bonds. The van der Waals surface area contributed by atoms with Crippen LogP contribution in [0.1, 0.15) is 45.4 Å². The quantitative estimate of drug-likeness (QED) is 0.241. The van der Waals surface area contributed by atoms with Crippen molar-refractivity contribution in [2.75, 3.05) is 13.2 Å². The molecule has 0 aliphatic heterocycles. The van der Waals surface area contributed by atoms with E-state index in [0.717, 1.165) is 44.5 Å². The Kier molecular flexibility index (Phi) is 7.09. The second-order valence-corrected chi connectivity index (χ2v) is 6.85. The molecule has 3 heteroatoms. The van der Waals surface area contributed by atoms with Crippen LogP contribution >= 0.6 is 0 Å². The van der Waals surface area contributed by atoms with Crippen molar-refractivity contribution in [2.45, 2.75) is 45.4 Å². The lowest BCUT2D eigenvalue weighted by Crippen LogP contribution is -2.03. The van der Waals surface area contributed by atoms with Gasteiger partial charge >= 0.3 is 5.97 Å². The van der Waals surface area contributed by atoms with Crippen LogP contribution in [-0.4, -0.2) is 19.2 Å². The molecule has 3 rings (SSSR count). The Bertz CT molecular complexity index is 885. The van der Waals surface area contributed by atoms with Crippen LogP contribution in [0.4, 0.5) is 0 Å². The molecule has 27 heavy (non-hydrogen) atoms. The van der Waals surface area contributed by atoms with Crippen LogP contribution in [0.5, 0.6) is 5.75 Å². The predicted octanol–water partition coefficient (Wildman–Crippen LogP) is 6.28. The molecule has 0 fully saturated rings. The number of fused-ring (bicyclic) bond motifs is 2. The number of hydrogen-bond acceptors (Lipinski definition) is 3. The van der Waals surface area contributed by atoms with Crippen molar-refractivity contribution >= 4 is 27.5 Å². The monoisotopic (exact) mass is 364 g/mol. The summed E-state index contributed by atoms with van der Waals surface area (Å²) in [5.74, 6) is 0.880. The summed E-state index contributed by atoms with van der Waals surface area (Å²) in [6.07, 6.45) is 5.80. The third-order valence-electron chi connectivity index (χ3n) is 4.79. The number of unbranched alkanes of at least 4 members (excludes halogenated alkanes) is 4. The number of benzene rings is 3. The van der Waals surface area contributed by atoms with Gasteiger partial charge in [-0.1, -0.05) is 55.7 Å². The summed E-state index contributed by atoms with van der Waals surface area (Å²) in [4.78, 5) is 11.3. The molecule has 3 nitrogen and oxygen atoms in total. The summed E-state index contributed by atoms with van der Waals surface area (Å²) in [5, 5.41) is 4.88. The molecule has 0 radical (unpaired) electrons. The minimum absolute atomic E-state index is 0.0793. The van der Waals surface area contributed by atoms with Crippen LogP contribution in [0, 0.1) is 0 Å². The number of rotatable bonds is 10. The zero-order valence-electron chi connectivity index (χ0n) is 16.1. The van der Waals surface area contributed by atoms with Gasteiger partial charge in [-0.3, -0.25) is 4.79 Å². The van der Waals surface area contributed by atoms with Crippen molar-refractivity contribution in [1.82, 2.24) is 0 Å². The van der Waals surface area contributed by atoms with Crippen LogP contribution in [0.25, 0.3) is 21.5 Å². The molecule has 3 aromatic carbocycles. The van der Waals surface area contributed by atoms with Crippen LogP contribution in [0.15, 0.2) is 54.6 Å². The Hall–Kier alpha value is -2.55. The number of hydrogen-bond donors (Lipinski definition) is 0. The first-order chi connectivity index (χ1) is 13.3. The third-order valence-corrected chi connectivity index (χ3v) is 4.79. The van der Waals surface area contributed by atoms with Crippen molar-refractivity contribution in [3.63, 3.8) is 0 Å². The maximum absolute atomic E-state index is 11.3. The second kappa shape index (κ2) is 9.96. The fourth-order valence-electron chi connectivity index (χ4n) is 3.38. The summed E-state index contributed by atoms with van der Waals surface area (Å²) in [6, 6.07) is 19.1. The molecule has 142 valence electrons. The van der Waals surface area contributed by atoms with Crippen LogP contribution in [0.3, 0.4) is 0 Å². The molecule has 0 saturated heterocycles. The second-order valence-electron chi connectivity index (χ2n) is 6.85. The average Bonchev–Trinajstić information content (AvgIpc) is 2.68. The first kappa shape index (κ1) is 19.2. The van der Waals surface area contributed by atoms with Gasteiger partial charge in [-0.15, -0.1) is 0 Å². The van der Waals surface area contributed by atoms with Crippen molar-refractivity contribution in [3.8, 4) is 5.75 Å². The molecule has 0 bridgehead atoms. The Labute approximate surface area is 161 Å². The molecule has 0 saturated carbocycles. The Morgan fingerprint density at radius 3 is 2.33 bits per heavy atom. The first-order valence-corrected chi connectivity index (χ1v) is 9.98. The molecule has 0 unspecified atom stereocenters. The van der Waals surface area contributed by atoms with Gasteiger partial charge in [0.05, 0.1) is 13.2 Å². The molecule has 0 atom stereocenters. The summed E-state index contributed by atoms with van der Waals surface area (Å²) in [6.45, 7) is 3.04. The minimum atomic E-state index is -0.0793. The van der Waals surface area contributed by atoms with E-state index in [1.807, 2.05) is 6.92 Å². The van der Waals surface area contributed by atoms with Crippen molar-refractivity contribution in [2.24, 2.45) is 0 Å². The topological polar surface area (TPSA) is 35.5 Å². The van der Waals surface area contributed by atoms with E-state index in [-0.39, 0.29) is 5.97 Å². The fraction of sp³-hybridized carbons (Fsp3) is 0.375. The van der Waals surface area contributed by atoms with Crippen molar-refractivity contribution in [1.29, 1.82) is 0 Å². The van der Waals surface area contributed by atoms with Gasteiger partial charge in [0.15, 0.2) is 0 Å². The highest BCUT2D eigenvalue weighted by Gasteiger charge is 2.04. The Morgan fingerprint density at radius 1 is 0.815 bits per heavy atom. The average molecular weight is 364 g/mol. The van der Waals surface area contributed by atoms with E-state index in [4.69, 9.17) is 9.47 Å². The van der Waals surface area contributed by atoms with Crippen LogP contribution in [-0.2, 0) is 9.53 Å². The smallest absolute Gasteiger partial charge is 0.305 e. The molecule has 0 aromatic heterocycles. The molecule has 0 heterocycles. The molecule has 3 aromatic rings. The molecule has 0 spiro atoms. The van der Waals surface area contributed by atoms with E-state index in [1.54, 1.807) is 0 Å². The largest absolute Gasteiger partial charge is 0.493 e. The highest BCUT2D eigenvalue weighted by Crippen LogP contribution is 2.30. The highest BCUT2D eigenvalue weighted by atomic mass is 16.5. The predicted molar refractivity (Wildman–Crippen MR) is 111 cm³/mol. The van der Waals surface area contributed by atoms with E-state index >= 15 is 0 Å². The first-order valence-electron chi connectivity index (χ1n) is 9.98. The summed E-state index contributed by atoms with van der Waals surface area (Å²) in [5.41, 5.74) is 0. The van der Waals surface area contributed by atoms with Gasteiger partial charge in [0, 0.05) is 11.8 Å². The van der Waals surface area contributed by atoms with Gasteiger partial charge in [0.25, 0.3) is 0 Å². The maximum atomic E-state index is 11.3. The van der Waals surface area contributed by atoms with Crippen LogP contribution in [0.2, 0.25) is 0 Å². The minimum Gasteiger partial charge on any atom is -0.493 e. The zero-order chi connectivity index (χ0) is 18.9. The number of carbonyl (C=O) groups is 1. The summed E-state index contributed by atoms with van der Waals surface area (Å²) >= 11 is 0. The van der Waals surface area contributed by atoms with Gasteiger partial charge in [-0.2, -0.15) is 0 Å². The summed E-state index contributed by atoms with van der Waals surface area (Å²) < 4.78 is 11.0. The molecule has 0 N–H and O–H groups in total. The lowest BCUT2D eigenvalue weighted by Gasteiger charge is -2.10. The lowest BCUT2D eigenvalue weighted by molar-refractivity contribution is -0.143. The number of esters is 1. The molecular formula is C24H28O3. The molecular weight excluding hydrogens is 336 g/mol. The Balaban J connectivity index is 1.45. The van der Waals surface area contributed by atoms with Gasteiger partial charge < -0.3 is 9.47 Å². The van der Waals surface area contributed by atoms with E-state index in [9.17, 15) is 4.79 Å². The van der Waals surface area contributed by atoms with E-state index < -0.39 is 0 Å². The number of carbonyl (C=O) groups excluding carboxylic acids is 1. The molecule has 0 aliphatic rings. The van der Waals surface area contributed by atoms with Crippen molar-refractivity contribution in [3.05, 3.63) is 54.6 Å². The molecule has 0 aliphatic carbocycles. The lowest BCUT2D eigenvalue weighted by atomic mass is 10.0. The van der Waals surface area contributed by atoms with Crippen molar-refractivity contribution < 1.29 is 14.3 Å². The van der Waals surface area contributed by atoms with Gasteiger partial charge in [0.2, 0.25) is 0 Å². The normalized spacial score (nSPS) is 11.0. The van der Waals surface area contributed by atoms with E-state index in [1.165, 1.54) is 21.5 Å². The zero-order valence-corrected chi connectivity index (χ0v) is 16.1. The highest BCUT2D eigenvalue weighted by molar-refractivity contribution is 6.00. The SMILES string of the molecule is CCOC(=O)CCCCCCCOc1cccc2cc3ccccc3cc12. The summed E-state index contributed by atoms with van der Waals surface area (Å²) in [7, 11) is 0. The standard InChI is InChI=1S/C24H28O3/c1-2-26-24(25)15-6-4-3-5-9-16-27-23-14-10-13-21-17-19-11-7-8-12-20(19)18-22(21)23/h7-8,10-14,17-18H,2-6,9,15-16H2,1H3. The van der Waals surface area contributed by atoms with Crippen LogP contribution < -0.4 is 4.74 Å². The number of ether oxygens (including phenoxy) is 2. The maximum Gasteiger partial charge on any atom is 0.305 e. The van der Waals surface area contributed by atoms with Gasteiger partial charge in [-0.25, -0.2) is 0 Å².